The van der Waals surface area contributed by atoms with Gasteiger partial charge >= 0.3 is 6.18 Å². The van der Waals surface area contributed by atoms with E-state index in [1.54, 1.807) is 36.4 Å². The highest BCUT2D eigenvalue weighted by molar-refractivity contribution is 7.89. The average Bonchev–Trinajstić information content (AvgIpc) is 3.55. The molecule has 1 amide bonds. The van der Waals surface area contributed by atoms with Crippen molar-refractivity contribution < 1.29 is 30.8 Å². The molecule has 13 heteroatoms. The first-order valence-corrected chi connectivity index (χ1v) is 12.7. The number of aromatic nitrogens is 3. The van der Waals surface area contributed by atoms with Gasteiger partial charge in [-0.2, -0.15) is 17.5 Å². The van der Waals surface area contributed by atoms with Gasteiger partial charge in [-0.05, 0) is 36.6 Å². The number of para-hydroxylation sites is 1. The first kappa shape index (κ1) is 24.8. The molecule has 0 bridgehead atoms. The summed E-state index contributed by atoms with van der Waals surface area (Å²) in [5.41, 5.74) is 1.73. The lowest BCUT2D eigenvalue weighted by molar-refractivity contribution is -0.145. The SMILES string of the molecule is O=C(NCc1cc(-c2cnc(C(F)(F)F)nc2)ccn1)C1CCCN1S(=O)(=O)c1cc2ccccc2o1. The normalized spacial score (nSPS) is 16.8. The molecule has 4 heterocycles. The Bertz CT molecular complexity index is 1520. The molecule has 5 rings (SSSR count). The third-order valence-corrected chi connectivity index (χ3v) is 7.74. The third-order valence-electron chi connectivity index (χ3n) is 5.97. The molecule has 1 N–H and O–H groups in total. The summed E-state index contributed by atoms with van der Waals surface area (Å²) in [6, 6.07) is 10.6. The van der Waals surface area contributed by atoms with Crippen molar-refractivity contribution in [3.05, 3.63) is 72.6 Å². The molecule has 1 fully saturated rings. The zero-order valence-electron chi connectivity index (χ0n) is 19.1. The van der Waals surface area contributed by atoms with Crippen LogP contribution >= 0.6 is 0 Å². The van der Waals surface area contributed by atoms with Gasteiger partial charge in [0, 0.05) is 42.2 Å². The topological polar surface area (TPSA) is 118 Å². The highest BCUT2D eigenvalue weighted by atomic mass is 32.2. The molecule has 1 aromatic carbocycles. The van der Waals surface area contributed by atoms with Crippen LogP contribution in [-0.2, 0) is 27.5 Å². The van der Waals surface area contributed by atoms with Crippen molar-refractivity contribution in [3.8, 4) is 11.1 Å². The summed E-state index contributed by atoms with van der Waals surface area (Å²) in [5.74, 6) is -1.72. The van der Waals surface area contributed by atoms with Crippen molar-refractivity contribution in [2.75, 3.05) is 6.54 Å². The van der Waals surface area contributed by atoms with Gasteiger partial charge in [-0.25, -0.2) is 18.4 Å². The minimum absolute atomic E-state index is 0.0107. The summed E-state index contributed by atoms with van der Waals surface area (Å²) in [5, 5.41) is 3.13. The van der Waals surface area contributed by atoms with Crippen molar-refractivity contribution in [3.63, 3.8) is 0 Å². The second kappa shape index (κ2) is 9.56. The maximum Gasteiger partial charge on any atom is 0.451 e. The molecule has 0 saturated carbocycles. The summed E-state index contributed by atoms with van der Waals surface area (Å²) in [4.78, 5) is 23.9. The Morgan fingerprint density at radius 1 is 1.08 bits per heavy atom. The van der Waals surface area contributed by atoms with Gasteiger partial charge in [0.15, 0.2) is 0 Å². The lowest BCUT2D eigenvalue weighted by Gasteiger charge is -2.22. The Morgan fingerprint density at radius 3 is 2.57 bits per heavy atom. The minimum atomic E-state index is -4.64. The number of rotatable bonds is 6. The van der Waals surface area contributed by atoms with Gasteiger partial charge in [-0.1, -0.05) is 18.2 Å². The molecular formula is C24H20F3N5O4S. The molecule has 1 aliphatic rings. The minimum Gasteiger partial charge on any atom is -0.443 e. The maximum absolute atomic E-state index is 13.2. The average molecular weight is 532 g/mol. The summed E-state index contributed by atoms with van der Waals surface area (Å²) < 4.78 is 71.3. The monoisotopic (exact) mass is 531 g/mol. The van der Waals surface area contributed by atoms with Gasteiger partial charge < -0.3 is 9.73 Å². The van der Waals surface area contributed by atoms with E-state index in [4.69, 9.17) is 4.42 Å². The molecule has 9 nitrogen and oxygen atoms in total. The van der Waals surface area contributed by atoms with Crippen LogP contribution in [0.5, 0.6) is 0 Å². The number of carbonyl (C=O) groups excluding carboxylic acids is 1. The Kier molecular flexibility index (Phi) is 6.42. The van der Waals surface area contributed by atoms with E-state index in [2.05, 4.69) is 20.3 Å². The fourth-order valence-electron chi connectivity index (χ4n) is 4.16. The number of fused-ring (bicyclic) bond motifs is 1. The Balaban J connectivity index is 1.28. The third kappa shape index (κ3) is 5.04. The molecule has 3 aromatic heterocycles. The number of furan rings is 1. The molecule has 0 spiro atoms. The zero-order valence-corrected chi connectivity index (χ0v) is 20.0. The zero-order chi connectivity index (χ0) is 26.2. The van der Waals surface area contributed by atoms with E-state index >= 15 is 0 Å². The molecule has 37 heavy (non-hydrogen) atoms. The van der Waals surface area contributed by atoms with Crippen molar-refractivity contribution in [1.82, 2.24) is 24.6 Å². The van der Waals surface area contributed by atoms with Crippen LogP contribution in [0.1, 0.15) is 24.4 Å². The highest BCUT2D eigenvalue weighted by Gasteiger charge is 2.41. The van der Waals surface area contributed by atoms with Crippen LogP contribution in [0.4, 0.5) is 13.2 Å². The van der Waals surface area contributed by atoms with Crippen molar-refractivity contribution in [2.45, 2.75) is 36.7 Å². The molecule has 192 valence electrons. The molecule has 1 saturated heterocycles. The van der Waals surface area contributed by atoms with Gasteiger partial charge in [0.2, 0.25) is 16.8 Å². The number of alkyl halides is 3. The first-order valence-electron chi connectivity index (χ1n) is 11.3. The second-order valence-corrected chi connectivity index (χ2v) is 10.2. The van der Waals surface area contributed by atoms with Gasteiger partial charge in [0.05, 0.1) is 12.2 Å². The number of pyridine rings is 1. The van der Waals surface area contributed by atoms with Crippen LogP contribution in [0, 0.1) is 0 Å². The van der Waals surface area contributed by atoms with Gasteiger partial charge in [-0.3, -0.25) is 9.78 Å². The van der Waals surface area contributed by atoms with Crippen LogP contribution in [-0.4, -0.2) is 46.2 Å². The Morgan fingerprint density at radius 2 is 1.84 bits per heavy atom. The van der Waals surface area contributed by atoms with Crippen LogP contribution in [0.15, 0.2) is 70.6 Å². The second-order valence-electron chi connectivity index (χ2n) is 8.42. The van der Waals surface area contributed by atoms with Crippen LogP contribution in [0.25, 0.3) is 22.1 Å². The Hall–Kier alpha value is -3.84. The number of benzene rings is 1. The number of sulfonamides is 1. The summed E-state index contributed by atoms with van der Waals surface area (Å²) in [7, 11) is -4.04. The molecule has 0 radical (unpaired) electrons. The number of hydrogen-bond acceptors (Lipinski definition) is 7. The predicted octanol–water partition coefficient (Wildman–Crippen LogP) is 3.77. The first-order chi connectivity index (χ1) is 17.6. The Labute approximate surface area is 209 Å². The molecule has 1 aliphatic heterocycles. The standard InChI is InChI=1S/C24H20F3N5O4S/c25-24(26,27)23-30-12-17(13-31-23)15-7-8-28-18(10-15)14-29-22(33)19-5-3-9-32(19)37(34,35)21-11-16-4-1-2-6-20(16)36-21/h1-2,4,6-8,10-13,19H,3,5,9,14H2,(H,29,33). The quantitative estimate of drug-likeness (QED) is 0.402. The number of amides is 1. The predicted molar refractivity (Wildman–Crippen MR) is 125 cm³/mol. The number of nitrogens with zero attached hydrogens (tertiary/aromatic N) is 4. The molecular weight excluding hydrogens is 511 g/mol. The van der Waals surface area contributed by atoms with Crippen molar-refractivity contribution in [1.29, 1.82) is 0 Å². The van der Waals surface area contributed by atoms with Crippen molar-refractivity contribution >= 4 is 26.9 Å². The lowest BCUT2D eigenvalue weighted by atomic mass is 10.1. The number of carbonyl (C=O) groups is 1. The number of halogens is 3. The fourth-order valence-corrected chi connectivity index (χ4v) is 5.77. The van der Waals surface area contributed by atoms with E-state index in [0.717, 1.165) is 16.7 Å². The van der Waals surface area contributed by atoms with Crippen LogP contribution < -0.4 is 5.32 Å². The maximum atomic E-state index is 13.2. The van der Waals surface area contributed by atoms with E-state index in [0.29, 0.717) is 40.6 Å². The van der Waals surface area contributed by atoms with Crippen molar-refractivity contribution in [2.24, 2.45) is 0 Å². The smallest absolute Gasteiger partial charge is 0.443 e. The van der Waals surface area contributed by atoms with E-state index < -0.39 is 34.0 Å². The van der Waals surface area contributed by atoms with Crippen LogP contribution in [0.2, 0.25) is 0 Å². The van der Waals surface area contributed by atoms with Gasteiger partial charge in [0.1, 0.15) is 11.6 Å². The number of nitrogens with one attached hydrogen (secondary N) is 1. The van der Waals surface area contributed by atoms with E-state index in [-0.39, 0.29) is 18.2 Å². The summed E-state index contributed by atoms with van der Waals surface area (Å²) in [6.45, 7) is 0.169. The summed E-state index contributed by atoms with van der Waals surface area (Å²) in [6.07, 6.45) is -0.207. The lowest BCUT2D eigenvalue weighted by Crippen LogP contribution is -2.45. The molecule has 0 aliphatic carbocycles. The fraction of sp³-hybridized carbons (Fsp3) is 0.250. The van der Waals surface area contributed by atoms with Gasteiger partial charge in [0.25, 0.3) is 10.0 Å². The largest absolute Gasteiger partial charge is 0.451 e. The van der Waals surface area contributed by atoms with Gasteiger partial charge in [-0.15, -0.1) is 0 Å². The molecule has 1 atom stereocenters. The van der Waals surface area contributed by atoms with E-state index in [1.807, 2.05) is 0 Å². The van der Waals surface area contributed by atoms with E-state index in [9.17, 15) is 26.4 Å². The molecule has 1 unspecified atom stereocenters. The molecule has 4 aromatic rings. The van der Waals surface area contributed by atoms with E-state index in [1.165, 1.54) is 12.3 Å². The summed E-state index contributed by atoms with van der Waals surface area (Å²) >= 11 is 0. The number of hydrogen-bond donors (Lipinski definition) is 1. The highest BCUT2D eigenvalue weighted by Crippen LogP contribution is 2.30. The van der Waals surface area contributed by atoms with Crippen LogP contribution in [0.3, 0.4) is 0 Å².